The Morgan fingerprint density at radius 2 is 1.76 bits per heavy atom. The molecule has 7 nitrogen and oxygen atoms in total. The van der Waals surface area contributed by atoms with Gasteiger partial charge < -0.3 is 4.74 Å². The first-order chi connectivity index (χ1) is 16.1. The van der Waals surface area contributed by atoms with E-state index < -0.39 is 6.17 Å². The van der Waals surface area contributed by atoms with Crippen molar-refractivity contribution in [1.82, 2.24) is 10.1 Å². The molecule has 1 N–H and O–H groups in total. The van der Waals surface area contributed by atoms with E-state index in [-0.39, 0.29) is 11.5 Å². The summed E-state index contributed by atoms with van der Waals surface area (Å²) in [5.41, 5.74) is 2.23. The molecule has 4 aromatic rings. The molecule has 1 aliphatic rings. The van der Waals surface area contributed by atoms with Gasteiger partial charge in [-0.15, -0.1) is 0 Å². The Labute approximate surface area is 194 Å². The number of hydrogen-bond donors (Lipinski definition) is 1. The van der Waals surface area contributed by atoms with E-state index in [0.717, 1.165) is 5.56 Å². The van der Waals surface area contributed by atoms with E-state index in [2.05, 4.69) is 10.1 Å². The van der Waals surface area contributed by atoms with E-state index >= 15 is 0 Å². The number of benzene rings is 3. The van der Waals surface area contributed by atoms with Crippen LogP contribution in [0.3, 0.4) is 0 Å². The minimum Gasteiger partial charge on any atom is -0.457 e. The lowest BCUT2D eigenvalue weighted by atomic mass is 10.0. The van der Waals surface area contributed by atoms with Crippen LogP contribution in [0.1, 0.15) is 18.7 Å². The summed E-state index contributed by atoms with van der Waals surface area (Å²) in [4.78, 5) is 30.5. The van der Waals surface area contributed by atoms with Gasteiger partial charge in [0.15, 0.2) is 0 Å². The molecule has 2 heterocycles. The van der Waals surface area contributed by atoms with Crippen LogP contribution in [0.2, 0.25) is 0 Å². The highest BCUT2D eigenvalue weighted by atomic mass is 32.2. The Kier molecular flexibility index (Phi) is 5.43. The highest BCUT2D eigenvalue weighted by molar-refractivity contribution is 7.98. The van der Waals surface area contributed by atoms with Crippen LogP contribution >= 0.6 is 11.8 Å². The van der Waals surface area contributed by atoms with Crippen molar-refractivity contribution in [3.8, 4) is 22.8 Å². The van der Waals surface area contributed by atoms with Crippen LogP contribution in [-0.4, -0.2) is 22.2 Å². The van der Waals surface area contributed by atoms with E-state index in [4.69, 9.17) is 4.74 Å². The number of para-hydroxylation sites is 2. The van der Waals surface area contributed by atoms with Crippen molar-refractivity contribution in [3.63, 3.8) is 0 Å². The lowest BCUT2D eigenvalue weighted by Crippen LogP contribution is -2.60. The molecule has 0 bridgehead atoms. The number of ether oxygens (including phenoxy) is 1. The highest BCUT2D eigenvalue weighted by Crippen LogP contribution is 2.38. The van der Waals surface area contributed by atoms with E-state index in [1.165, 1.54) is 18.7 Å². The molecule has 5 rings (SSSR count). The number of thioether (sulfide) groups is 1. The molecule has 33 heavy (non-hydrogen) atoms. The van der Waals surface area contributed by atoms with E-state index in [9.17, 15) is 9.59 Å². The fourth-order valence-electron chi connectivity index (χ4n) is 4.07. The molecule has 1 amide bonds. The number of H-pyrrole nitrogens is 1. The molecule has 8 heteroatoms. The maximum absolute atomic E-state index is 13.1. The molecule has 0 spiro atoms. The van der Waals surface area contributed by atoms with Crippen molar-refractivity contribution < 1.29 is 14.2 Å². The molecule has 0 fully saturated rings. The SMILES string of the molecule is CSc1n[n+]2c(c(=O)[nH]1)-c1ccccc1N(C(C)=O)C2c1cccc(Oc2ccccc2)c1. The van der Waals surface area contributed by atoms with Crippen molar-refractivity contribution in [2.24, 2.45) is 0 Å². The number of amides is 1. The third kappa shape index (κ3) is 3.78. The number of aromatic nitrogens is 3. The topological polar surface area (TPSA) is 79.2 Å². The second kappa shape index (κ2) is 8.55. The van der Waals surface area contributed by atoms with Crippen molar-refractivity contribution in [2.45, 2.75) is 18.2 Å². The van der Waals surface area contributed by atoms with E-state index in [0.29, 0.717) is 33.6 Å². The predicted molar refractivity (Wildman–Crippen MR) is 127 cm³/mol. The first-order valence-corrected chi connectivity index (χ1v) is 11.6. The second-order valence-electron chi connectivity index (χ2n) is 7.52. The third-order valence-corrected chi connectivity index (χ3v) is 6.00. The van der Waals surface area contributed by atoms with Gasteiger partial charge in [-0.2, -0.15) is 0 Å². The summed E-state index contributed by atoms with van der Waals surface area (Å²) in [6.45, 7) is 1.52. The zero-order chi connectivity index (χ0) is 22.9. The van der Waals surface area contributed by atoms with Gasteiger partial charge in [-0.25, -0.2) is 4.90 Å². The summed E-state index contributed by atoms with van der Waals surface area (Å²) in [6.07, 6.45) is 1.19. The molecule has 1 unspecified atom stereocenters. The first kappa shape index (κ1) is 21.0. The van der Waals surface area contributed by atoms with Crippen LogP contribution in [-0.2, 0) is 4.79 Å². The van der Waals surface area contributed by atoms with Crippen LogP contribution in [0, 0.1) is 0 Å². The maximum Gasteiger partial charge on any atom is 0.325 e. The Balaban J connectivity index is 1.72. The molecule has 0 radical (unpaired) electrons. The van der Waals surface area contributed by atoms with Crippen LogP contribution in [0.15, 0.2) is 88.8 Å². The van der Waals surface area contributed by atoms with Crippen molar-refractivity contribution in [2.75, 3.05) is 11.2 Å². The predicted octanol–water partition coefficient (Wildman–Crippen LogP) is 4.15. The number of nitrogens with zero attached hydrogens (tertiary/aromatic N) is 3. The van der Waals surface area contributed by atoms with Gasteiger partial charge in [-0.1, -0.05) is 48.2 Å². The summed E-state index contributed by atoms with van der Waals surface area (Å²) >= 11 is 1.33. The fraction of sp³-hybridized carbons (Fsp3) is 0.120. The molecule has 164 valence electrons. The largest absolute Gasteiger partial charge is 0.457 e. The molecule has 0 saturated carbocycles. The Morgan fingerprint density at radius 3 is 2.52 bits per heavy atom. The molecule has 1 aromatic heterocycles. The van der Waals surface area contributed by atoms with Gasteiger partial charge in [0.05, 0.1) is 11.3 Å². The average Bonchev–Trinajstić information content (AvgIpc) is 2.83. The van der Waals surface area contributed by atoms with Crippen LogP contribution in [0.25, 0.3) is 11.3 Å². The van der Waals surface area contributed by atoms with Gasteiger partial charge in [-0.3, -0.25) is 14.6 Å². The standard InChI is InChI=1S/C25H20N4O3S/c1-16(30)28-21-14-7-6-13-20(21)22-23(31)26-25(33-2)27-29(22)24(28)17-9-8-12-19(15-17)32-18-10-4-3-5-11-18/h3-15,24H,1-2H3/p+1. The first-order valence-electron chi connectivity index (χ1n) is 10.4. The number of nitrogens with one attached hydrogen (secondary N) is 1. The van der Waals surface area contributed by atoms with Gasteiger partial charge >= 0.3 is 11.3 Å². The Hall–Kier alpha value is -3.91. The molecule has 1 aliphatic heterocycles. The van der Waals surface area contributed by atoms with E-state index in [1.54, 1.807) is 9.58 Å². The molecule has 0 aliphatic carbocycles. The smallest absolute Gasteiger partial charge is 0.325 e. The molecule has 0 saturated heterocycles. The van der Waals surface area contributed by atoms with Crippen molar-refractivity contribution in [3.05, 3.63) is 94.8 Å². The maximum atomic E-state index is 13.1. The number of fused-ring (bicyclic) bond motifs is 3. The molecule has 3 aromatic carbocycles. The van der Waals surface area contributed by atoms with Crippen LogP contribution in [0.5, 0.6) is 11.5 Å². The Bertz CT molecular complexity index is 1400. The number of hydrogen-bond acceptors (Lipinski definition) is 5. The summed E-state index contributed by atoms with van der Waals surface area (Å²) in [5, 5.41) is 5.15. The van der Waals surface area contributed by atoms with Gasteiger partial charge in [0, 0.05) is 17.6 Å². The highest BCUT2D eigenvalue weighted by Gasteiger charge is 2.44. The fourth-order valence-corrected chi connectivity index (χ4v) is 4.43. The molecule has 1 atom stereocenters. The van der Waals surface area contributed by atoms with Crippen molar-refractivity contribution >= 4 is 23.4 Å². The summed E-state index contributed by atoms with van der Waals surface area (Å²) in [7, 11) is 0. The van der Waals surface area contributed by atoms with Gasteiger partial charge in [0.1, 0.15) is 11.5 Å². The zero-order valence-corrected chi connectivity index (χ0v) is 18.9. The van der Waals surface area contributed by atoms with Gasteiger partial charge in [0.2, 0.25) is 11.1 Å². The minimum atomic E-state index is -0.653. The summed E-state index contributed by atoms with van der Waals surface area (Å²) < 4.78 is 7.66. The molecular weight excluding hydrogens is 436 g/mol. The van der Waals surface area contributed by atoms with Crippen LogP contribution in [0.4, 0.5) is 5.69 Å². The number of anilines is 1. The van der Waals surface area contributed by atoms with Crippen LogP contribution < -0.4 is 19.9 Å². The minimum absolute atomic E-state index is 0.159. The average molecular weight is 458 g/mol. The number of carbonyl (C=O) groups is 1. The molecular formula is C25H21N4O3S+. The summed E-state index contributed by atoms with van der Waals surface area (Å²) in [6, 6.07) is 24.4. The van der Waals surface area contributed by atoms with Crippen molar-refractivity contribution in [1.29, 1.82) is 0 Å². The number of rotatable bonds is 4. The van der Waals surface area contributed by atoms with Gasteiger partial charge in [-0.05, 0) is 53.4 Å². The number of aromatic amines is 1. The van der Waals surface area contributed by atoms with E-state index in [1.807, 2.05) is 85.1 Å². The van der Waals surface area contributed by atoms with Gasteiger partial charge in [0.25, 0.3) is 6.17 Å². The second-order valence-corrected chi connectivity index (χ2v) is 8.32. The quantitative estimate of drug-likeness (QED) is 0.368. The summed E-state index contributed by atoms with van der Waals surface area (Å²) in [5.74, 6) is 1.17. The zero-order valence-electron chi connectivity index (χ0n) is 18.1. The lowest BCUT2D eigenvalue weighted by molar-refractivity contribution is -0.763. The normalized spacial score (nSPS) is 14.4. The lowest BCUT2D eigenvalue weighted by Gasteiger charge is -2.31. The Morgan fingerprint density at radius 1 is 1.03 bits per heavy atom. The number of carbonyl (C=O) groups excluding carboxylic acids is 1. The third-order valence-electron chi connectivity index (χ3n) is 5.43. The monoisotopic (exact) mass is 457 g/mol.